The molecule has 29 heavy (non-hydrogen) atoms. The monoisotopic (exact) mass is 392 g/mol. The molecule has 1 atom stereocenters. The molecule has 2 saturated heterocycles. The third kappa shape index (κ3) is 5.08. The summed E-state index contributed by atoms with van der Waals surface area (Å²) in [4.78, 5) is 28.2. The van der Waals surface area contributed by atoms with E-state index in [2.05, 4.69) is 39.8 Å². The molecule has 0 radical (unpaired) electrons. The summed E-state index contributed by atoms with van der Waals surface area (Å²) in [5.41, 5.74) is 3.09. The number of nitrogens with zero attached hydrogens (tertiary/aromatic N) is 2. The van der Waals surface area contributed by atoms with Crippen LogP contribution in [0.15, 0.2) is 54.6 Å². The lowest BCUT2D eigenvalue weighted by molar-refractivity contribution is -0.128. The van der Waals surface area contributed by atoms with Crippen LogP contribution in [0.5, 0.6) is 0 Å². The highest BCUT2D eigenvalue weighted by atomic mass is 16.2. The van der Waals surface area contributed by atoms with Crippen molar-refractivity contribution in [1.82, 2.24) is 10.2 Å². The summed E-state index contributed by atoms with van der Waals surface area (Å²) in [5.74, 6) is 0.686. The first-order valence-corrected chi connectivity index (χ1v) is 10.4. The fourth-order valence-electron chi connectivity index (χ4n) is 4.07. The van der Waals surface area contributed by atoms with Crippen LogP contribution in [-0.4, -0.2) is 43.0 Å². The quantitative estimate of drug-likeness (QED) is 0.791. The number of benzene rings is 2. The molecule has 2 aliphatic heterocycles. The molecule has 4 rings (SSSR count). The van der Waals surface area contributed by atoms with E-state index in [0.29, 0.717) is 25.4 Å². The second-order valence-electron chi connectivity index (χ2n) is 7.89. The summed E-state index contributed by atoms with van der Waals surface area (Å²) in [6, 6.07) is 18.0. The number of anilines is 2. The zero-order chi connectivity index (χ0) is 20.1. The van der Waals surface area contributed by atoms with Gasteiger partial charge in [0.05, 0.1) is 0 Å². The Hall–Kier alpha value is -3.02. The normalized spacial score (nSPS) is 18.9. The molecule has 0 aliphatic carbocycles. The van der Waals surface area contributed by atoms with Gasteiger partial charge >= 0.3 is 6.03 Å². The average molecular weight is 393 g/mol. The smallest absolute Gasteiger partial charge is 0.319 e. The van der Waals surface area contributed by atoms with Crippen LogP contribution in [0.3, 0.4) is 0 Å². The van der Waals surface area contributed by atoms with E-state index >= 15 is 0 Å². The Bertz CT molecular complexity index is 838. The van der Waals surface area contributed by atoms with Gasteiger partial charge in [0.2, 0.25) is 5.91 Å². The Morgan fingerprint density at radius 2 is 1.83 bits per heavy atom. The third-order valence-corrected chi connectivity index (χ3v) is 5.72. The summed E-state index contributed by atoms with van der Waals surface area (Å²) in [5, 5.41) is 5.89. The van der Waals surface area contributed by atoms with Crippen LogP contribution in [0.4, 0.5) is 16.2 Å². The van der Waals surface area contributed by atoms with Crippen molar-refractivity contribution in [2.24, 2.45) is 5.92 Å². The number of para-hydroxylation sites is 1. The molecule has 3 amide bonds. The van der Waals surface area contributed by atoms with Gasteiger partial charge in [-0.3, -0.25) is 4.79 Å². The lowest BCUT2D eigenvalue weighted by atomic mass is 10.1. The molecule has 0 aromatic heterocycles. The van der Waals surface area contributed by atoms with Crippen molar-refractivity contribution in [2.75, 3.05) is 36.4 Å². The summed E-state index contributed by atoms with van der Waals surface area (Å²) in [6.07, 6.45) is 2.69. The highest BCUT2D eigenvalue weighted by Crippen LogP contribution is 2.23. The molecular weight excluding hydrogens is 364 g/mol. The maximum Gasteiger partial charge on any atom is 0.319 e. The van der Waals surface area contributed by atoms with Crippen molar-refractivity contribution >= 4 is 23.3 Å². The van der Waals surface area contributed by atoms with Gasteiger partial charge in [0.25, 0.3) is 0 Å². The summed E-state index contributed by atoms with van der Waals surface area (Å²) < 4.78 is 0. The van der Waals surface area contributed by atoms with Crippen molar-refractivity contribution in [3.8, 4) is 0 Å². The van der Waals surface area contributed by atoms with Gasteiger partial charge in [-0.1, -0.05) is 30.3 Å². The summed E-state index contributed by atoms with van der Waals surface area (Å²) in [7, 11) is 0. The second-order valence-corrected chi connectivity index (χ2v) is 7.89. The maximum absolute atomic E-state index is 12.2. The van der Waals surface area contributed by atoms with E-state index in [1.165, 1.54) is 5.69 Å². The van der Waals surface area contributed by atoms with E-state index in [1.54, 1.807) is 0 Å². The van der Waals surface area contributed by atoms with Gasteiger partial charge in [0.1, 0.15) is 0 Å². The number of nitrogens with one attached hydrogen (secondary N) is 2. The van der Waals surface area contributed by atoms with Crippen LogP contribution < -0.4 is 15.5 Å². The fraction of sp³-hybridized carbons (Fsp3) is 0.391. The highest BCUT2D eigenvalue weighted by Gasteiger charge is 2.23. The topological polar surface area (TPSA) is 64.7 Å². The minimum absolute atomic E-state index is 0.175. The minimum Gasteiger partial charge on any atom is -0.371 e. The molecule has 6 heteroatoms. The Kier molecular flexibility index (Phi) is 5.98. The van der Waals surface area contributed by atoms with Crippen LogP contribution in [-0.2, 0) is 11.3 Å². The molecular formula is C23H28N4O2. The lowest BCUT2D eigenvalue weighted by Crippen LogP contribution is -2.34. The molecule has 152 valence electrons. The zero-order valence-electron chi connectivity index (χ0n) is 16.6. The van der Waals surface area contributed by atoms with Gasteiger partial charge in [-0.15, -0.1) is 0 Å². The van der Waals surface area contributed by atoms with Gasteiger partial charge in [-0.25, -0.2) is 4.79 Å². The van der Waals surface area contributed by atoms with Crippen LogP contribution in [0, 0.1) is 5.92 Å². The van der Waals surface area contributed by atoms with Crippen molar-refractivity contribution < 1.29 is 9.59 Å². The molecule has 0 spiro atoms. The summed E-state index contributed by atoms with van der Waals surface area (Å²) in [6.45, 7) is 4.15. The molecule has 2 aliphatic rings. The Morgan fingerprint density at radius 1 is 1.03 bits per heavy atom. The third-order valence-electron chi connectivity index (χ3n) is 5.72. The average Bonchev–Trinajstić information content (AvgIpc) is 3.38. The lowest BCUT2D eigenvalue weighted by Gasteiger charge is -2.18. The van der Waals surface area contributed by atoms with E-state index in [0.717, 1.165) is 43.7 Å². The molecule has 0 unspecified atom stereocenters. The van der Waals surface area contributed by atoms with E-state index in [9.17, 15) is 9.59 Å². The number of carbonyl (C=O) groups excluding carboxylic acids is 2. The number of rotatable bonds is 6. The van der Waals surface area contributed by atoms with Crippen molar-refractivity contribution in [3.05, 3.63) is 60.2 Å². The number of hydrogen-bond acceptors (Lipinski definition) is 3. The van der Waals surface area contributed by atoms with E-state index < -0.39 is 0 Å². The van der Waals surface area contributed by atoms with Crippen molar-refractivity contribution in [1.29, 1.82) is 0 Å². The first kappa shape index (κ1) is 19.3. The largest absolute Gasteiger partial charge is 0.371 e. The Morgan fingerprint density at radius 3 is 2.55 bits per heavy atom. The first-order valence-electron chi connectivity index (χ1n) is 10.4. The molecule has 6 nitrogen and oxygen atoms in total. The predicted octanol–water partition coefficient (Wildman–Crippen LogP) is 3.46. The van der Waals surface area contributed by atoms with Gasteiger partial charge in [0.15, 0.2) is 0 Å². The molecule has 0 bridgehead atoms. The van der Waals surface area contributed by atoms with Crippen LogP contribution in [0.2, 0.25) is 0 Å². The highest BCUT2D eigenvalue weighted by molar-refractivity contribution is 5.89. The van der Waals surface area contributed by atoms with Crippen molar-refractivity contribution in [2.45, 2.75) is 25.8 Å². The number of carbonyl (C=O) groups is 2. The number of likely N-dealkylation sites (tertiary alicyclic amines) is 1. The van der Waals surface area contributed by atoms with Gasteiger partial charge < -0.3 is 20.4 Å². The maximum atomic E-state index is 12.2. The summed E-state index contributed by atoms with van der Waals surface area (Å²) >= 11 is 0. The van der Waals surface area contributed by atoms with Gasteiger partial charge in [-0.2, -0.15) is 0 Å². The molecule has 2 N–H and O–H groups in total. The van der Waals surface area contributed by atoms with Crippen LogP contribution >= 0.6 is 0 Å². The fourth-order valence-corrected chi connectivity index (χ4v) is 4.07. The van der Waals surface area contributed by atoms with Gasteiger partial charge in [-0.05, 0) is 48.6 Å². The first-order chi connectivity index (χ1) is 14.2. The van der Waals surface area contributed by atoms with Gasteiger partial charge in [0, 0.05) is 50.5 Å². The predicted molar refractivity (Wildman–Crippen MR) is 115 cm³/mol. The molecule has 2 aromatic carbocycles. The molecule has 0 saturated carbocycles. The minimum atomic E-state index is -0.175. The second kappa shape index (κ2) is 8.99. The molecule has 2 aromatic rings. The SMILES string of the molecule is O=C(NC[C@H]1CCN(c2ccccc2)C1)Nc1ccc(CN2CCCC2=O)cc1. The molecule has 2 fully saturated rings. The van der Waals surface area contributed by atoms with E-state index in [-0.39, 0.29) is 11.9 Å². The van der Waals surface area contributed by atoms with Crippen molar-refractivity contribution in [3.63, 3.8) is 0 Å². The number of hydrogen-bond donors (Lipinski definition) is 2. The standard InChI is InChI=1S/C23H28N4O2/c28-22-7-4-13-27(22)16-18-8-10-20(11-9-18)25-23(29)24-15-19-12-14-26(17-19)21-5-2-1-3-6-21/h1-3,5-6,8-11,19H,4,7,12-17H2,(H2,24,25,29)/t19-/m1/s1. The van der Waals surface area contributed by atoms with E-state index in [4.69, 9.17) is 0 Å². The Labute approximate surface area is 171 Å². The molecule has 2 heterocycles. The number of amides is 3. The van der Waals surface area contributed by atoms with E-state index in [1.807, 2.05) is 35.2 Å². The van der Waals surface area contributed by atoms with Crippen LogP contribution in [0.25, 0.3) is 0 Å². The van der Waals surface area contributed by atoms with Crippen LogP contribution in [0.1, 0.15) is 24.8 Å². The Balaban J connectivity index is 1.20. The number of urea groups is 1. The zero-order valence-corrected chi connectivity index (χ0v) is 16.6.